The van der Waals surface area contributed by atoms with Crippen molar-refractivity contribution in [3.8, 4) is 5.75 Å². The highest BCUT2D eigenvalue weighted by Gasteiger charge is 2.38. The molecule has 1 atom stereocenters. The summed E-state index contributed by atoms with van der Waals surface area (Å²) in [6.07, 6.45) is -0.696. The van der Waals surface area contributed by atoms with Crippen molar-refractivity contribution < 1.29 is 23.4 Å². The predicted molar refractivity (Wildman–Crippen MR) is 175 cm³/mol. The topological polar surface area (TPSA) is 96.6 Å². The quantitative estimate of drug-likeness (QED) is 0.313. The first-order valence-electron chi connectivity index (χ1n) is 16.3. The summed E-state index contributed by atoms with van der Waals surface area (Å²) in [5.74, 6) is 0.520. The van der Waals surface area contributed by atoms with E-state index in [-0.39, 0.29) is 24.4 Å². The number of piperazine rings is 1. The van der Waals surface area contributed by atoms with E-state index >= 15 is 4.39 Å². The Kier molecular flexibility index (Phi) is 11.8. The van der Waals surface area contributed by atoms with Crippen molar-refractivity contribution in [1.82, 2.24) is 19.7 Å². The van der Waals surface area contributed by atoms with Gasteiger partial charge in [-0.05, 0) is 77.9 Å². The number of carbonyl (C=O) groups excluding carboxylic acids is 1. The summed E-state index contributed by atoms with van der Waals surface area (Å²) >= 11 is 0. The minimum atomic E-state index is -1.41. The fourth-order valence-corrected chi connectivity index (χ4v) is 5.86. The first-order valence-corrected chi connectivity index (χ1v) is 16.3. The Morgan fingerprint density at radius 2 is 1.62 bits per heavy atom. The SMILES string of the molecule is CCOC(CN(Cc1nc(N2CC(N3CCN(CC)CC3)C2)ccc1F)C(=O)[C@@](C)(N)c1ccc(OC(C)(C)C)cc1)OCC. The third-order valence-electron chi connectivity index (χ3n) is 8.49. The van der Waals surface area contributed by atoms with Crippen LogP contribution in [0.2, 0.25) is 0 Å². The van der Waals surface area contributed by atoms with Crippen LogP contribution in [0.5, 0.6) is 5.75 Å². The van der Waals surface area contributed by atoms with Crippen molar-refractivity contribution >= 4 is 11.7 Å². The second-order valence-corrected chi connectivity index (χ2v) is 13.1. The van der Waals surface area contributed by atoms with Gasteiger partial charge in [0, 0.05) is 58.5 Å². The number of nitrogens with two attached hydrogens (primary N) is 1. The number of ether oxygens (including phenoxy) is 3. The number of nitrogens with zero attached hydrogens (tertiary/aromatic N) is 5. The minimum absolute atomic E-state index is 0.0688. The predicted octanol–water partition coefficient (Wildman–Crippen LogP) is 3.83. The minimum Gasteiger partial charge on any atom is -0.488 e. The Morgan fingerprint density at radius 1 is 1.00 bits per heavy atom. The lowest BCUT2D eigenvalue weighted by Gasteiger charge is -2.48. The molecule has 1 amide bonds. The summed E-state index contributed by atoms with van der Waals surface area (Å²) in [7, 11) is 0. The first-order chi connectivity index (χ1) is 21.3. The smallest absolute Gasteiger partial charge is 0.247 e. The van der Waals surface area contributed by atoms with Gasteiger partial charge in [-0.1, -0.05) is 19.1 Å². The van der Waals surface area contributed by atoms with Crippen LogP contribution < -0.4 is 15.4 Å². The lowest BCUT2D eigenvalue weighted by molar-refractivity contribution is -0.163. The zero-order chi connectivity index (χ0) is 32.8. The Hall–Kier alpha value is -2.83. The van der Waals surface area contributed by atoms with Gasteiger partial charge in [-0.25, -0.2) is 9.37 Å². The molecule has 0 unspecified atom stereocenters. The first kappa shape index (κ1) is 35.0. The highest BCUT2D eigenvalue weighted by Crippen LogP contribution is 2.28. The van der Waals surface area contributed by atoms with Crippen LogP contribution in [0.3, 0.4) is 0 Å². The molecule has 2 N–H and O–H groups in total. The van der Waals surface area contributed by atoms with Crippen LogP contribution in [0.1, 0.15) is 59.7 Å². The molecule has 10 nitrogen and oxygen atoms in total. The summed E-state index contributed by atoms with van der Waals surface area (Å²) in [5.41, 5.74) is 5.76. The van der Waals surface area contributed by atoms with Gasteiger partial charge < -0.3 is 34.6 Å². The molecule has 1 aromatic carbocycles. The van der Waals surface area contributed by atoms with E-state index in [0.717, 1.165) is 45.8 Å². The molecule has 45 heavy (non-hydrogen) atoms. The molecule has 0 saturated carbocycles. The zero-order valence-corrected chi connectivity index (χ0v) is 28.2. The number of pyridine rings is 1. The monoisotopic (exact) mass is 628 g/mol. The van der Waals surface area contributed by atoms with Crippen molar-refractivity contribution in [2.75, 3.05) is 70.5 Å². The number of likely N-dealkylation sites (N-methyl/N-ethyl adjacent to an activating group) is 1. The lowest BCUT2D eigenvalue weighted by Crippen LogP contribution is -2.63. The summed E-state index contributed by atoms with van der Waals surface area (Å²) in [6.45, 7) is 21.4. The summed E-state index contributed by atoms with van der Waals surface area (Å²) in [6, 6.07) is 10.8. The number of rotatable bonds is 14. The van der Waals surface area contributed by atoms with Gasteiger partial charge in [-0.2, -0.15) is 0 Å². The molecule has 250 valence electrons. The maximum absolute atomic E-state index is 15.3. The molecule has 0 spiro atoms. The molecule has 3 heterocycles. The van der Waals surface area contributed by atoms with Crippen molar-refractivity contribution in [3.63, 3.8) is 0 Å². The van der Waals surface area contributed by atoms with Crippen LogP contribution >= 0.6 is 0 Å². The fraction of sp³-hybridized carbons (Fsp3) is 0.647. The molecular weight excluding hydrogens is 575 g/mol. The van der Waals surface area contributed by atoms with Crippen molar-refractivity contribution in [3.05, 3.63) is 53.5 Å². The Bertz CT molecular complexity index is 1230. The van der Waals surface area contributed by atoms with Crippen molar-refractivity contribution in [1.29, 1.82) is 0 Å². The summed E-state index contributed by atoms with van der Waals surface area (Å²) < 4.78 is 32.8. The maximum Gasteiger partial charge on any atom is 0.247 e. The van der Waals surface area contributed by atoms with Gasteiger partial charge >= 0.3 is 0 Å². The van der Waals surface area contributed by atoms with E-state index in [2.05, 4.69) is 21.6 Å². The standard InChI is InChI=1S/C34H53FN6O4/c1-8-38-17-19-39(20-18-38)26-21-40(22-26)30-16-15-28(35)29(37-30)23-41(24-31(43-9-2)44-10-3)32(42)34(7,36)25-11-13-27(14-12-25)45-33(4,5)6/h11-16,26,31H,8-10,17-24,36H2,1-7H3/t34-/m0/s1. The van der Waals surface area contributed by atoms with Crippen molar-refractivity contribution in [2.24, 2.45) is 5.73 Å². The van der Waals surface area contributed by atoms with Crippen LogP contribution in [0.15, 0.2) is 36.4 Å². The van der Waals surface area contributed by atoms with Gasteiger partial charge in [0.05, 0.1) is 18.8 Å². The highest BCUT2D eigenvalue weighted by atomic mass is 19.1. The van der Waals surface area contributed by atoms with Crippen LogP contribution in [-0.2, 0) is 26.4 Å². The molecule has 11 heteroatoms. The van der Waals surface area contributed by atoms with Crippen molar-refractivity contribution in [2.45, 2.75) is 78.5 Å². The average Bonchev–Trinajstić information content (AvgIpc) is 2.97. The van der Waals surface area contributed by atoms with Gasteiger partial charge in [0.15, 0.2) is 6.29 Å². The van der Waals surface area contributed by atoms with E-state index in [9.17, 15) is 4.79 Å². The second kappa shape index (κ2) is 15.2. The van der Waals surface area contributed by atoms with Gasteiger partial charge in [-0.15, -0.1) is 0 Å². The van der Waals surface area contributed by atoms with Crippen LogP contribution in [-0.4, -0.2) is 109 Å². The number of hydrogen-bond acceptors (Lipinski definition) is 9. The van der Waals surface area contributed by atoms with Crippen LogP contribution in [0.4, 0.5) is 10.2 Å². The molecule has 2 fully saturated rings. The van der Waals surface area contributed by atoms with Gasteiger partial charge in [0.1, 0.15) is 28.5 Å². The molecule has 2 aromatic rings. The zero-order valence-electron chi connectivity index (χ0n) is 28.2. The summed E-state index contributed by atoms with van der Waals surface area (Å²) in [5, 5.41) is 0. The van der Waals surface area contributed by atoms with Gasteiger partial charge in [0.2, 0.25) is 5.91 Å². The van der Waals surface area contributed by atoms with Gasteiger partial charge in [0.25, 0.3) is 0 Å². The third-order valence-corrected chi connectivity index (χ3v) is 8.49. The molecule has 1 aromatic heterocycles. The number of halogens is 1. The second-order valence-electron chi connectivity index (χ2n) is 13.1. The molecule has 4 rings (SSSR count). The highest BCUT2D eigenvalue weighted by molar-refractivity contribution is 5.87. The molecule has 0 bridgehead atoms. The number of benzene rings is 1. The molecular formula is C34H53FN6O4. The number of amides is 1. The van der Waals surface area contributed by atoms with Gasteiger partial charge in [-0.3, -0.25) is 9.69 Å². The maximum atomic E-state index is 15.3. The Balaban J connectivity index is 1.52. The number of aromatic nitrogens is 1. The molecule has 0 radical (unpaired) electrons. The molecule has 2 aliphatic rings. The Labute approximate surface area is 268 Å². The largest absolute Gasteiger partial charge is 0.488 e. The summed E-state index contributed by atoms with van der Waals surface area (Å²) in [4.78, 5) is 27.6. The van der Waals surface area contributed by atoms with E-state index in [0.29, 0.717) is 36.4 Å². The number of hydrogen-bond donors (Lipinski definition) is 1. The number of anilines is 1. The average molecular weight is 629 g/mol. The molecule has 2 aliphatic heterocycles. The van der Waals surface area contributed by atoms with Crippen LogP contribution in [0, 0.1) is 5.82 Å². The van der Waals surface area contributed by atoms with E-state index in [1.165, 1.54) is 11.0 Å². The van der Waals surface area contributed by atoms with E-state index in [1.54, 1.807) is 37.3 Å². The van der Waals surface area contributed by atoms with E-state index in [4.69, 9.17) is 24.9 Å². The Morgan fingerprint density at radius 3 is 2.18 bits per heavy atom. The van der Waals surface area contributed by atoms with E-state index < -0.39 is 23.6 Å². The fourth-order valence-electron chi connectivity index (χ4n) is 5.86. The molecule has 2 saturated heterocycles. The lowest BCUT2D eigenvalue weighted by atomic mass is 9.91. The normalized spacial score (nSPS) is 18.1. The van der Waals surface area contributed by atoms with E-state index in [1.807, 2.05) is 34.6 Å². The molecule has 0 aliphatic carbocycles. The van der Waals surface area contributed by atoms with Crippen LogP contribution in [0.25, 0.3) is 0 Å². The third kappa shape index (κ3) is 9.13. The number of carbonyl (C=O) groups is 1.